The van der Waals surface area contributed by atoms with Crippen LogP contribution in [-0.2, 0) is 0 Å². The lowest BCUT2D eigenvalue weighted by Crippen LogP contribution is -2.10. The molecule has 0 spiro atoms. The third-order valence-electron chi connectivity index (χ3n) is 2.70. The van der Waals surface area contributed by atoms with Crippen molar-refractivity contribution in [2.24, 2.45) is 0 Å². The van der Waals surface area contributed by atoms with Crippen LogP contribution in [0.3, 0.4) is 0 Å². The minimum absolute atomic E-state index is 0.213. The van der Waals surface area contributed by atoms with Crippen LogP contribution in [0.25, 0.3) is 10.4 Å². The first-order valence-electron chi connectivity index (χ1n) is 5.35. The lowest BCUT2D eigenvalue weighted by atomic mass is 10.1. The molecule has 2 aromatic rings. The van der Waals surface area contributed by atoms with Gasteiger partial charge < -0.3 is 5.32 Å². The Balaban J connectivity index is 2.40. The maximum absolute atomic E-state index is 13.6. The van der Waals surface area contributed by atoms with E-state index in [0.29, 0.717) is 5.56 Å². The second kappa shape index (κ2) is 4.94. The van der Waals surface area contributed by atoms with E-state index in [1.165, 1.54) is 17.4 Å². The fourth-order valence-electron chi connectivity index (χ4n) is 1.57. The van der Waals surface area contributed by atoms with E-state index in [4.69, 9.17) is 0 Å². The summed E-state index contributed by atoms with van der Waals surface area (Å²) in [6.07, 6.45) is 0. The van der Waals surface area contributed by atoms with E-state index >= 15 is 0 Å². The average Bonchev–Trinajstić information content (AvgIpc) is 2.81. The highest BCUT2D eigenvalue weighted by molar-refractivity contribution is 7.15. The van der Waals surface area contributed by atoms with E-state index in [-0.39, 0.29) is 6.04 Å². The Hall–Kier alpha value is -1.26. The number of nitrogens with one attached hydrogen (secondary N) is 1. The number of benzene rings is 1. The van der Waals surface area contributed by atoms with Gasteiger partial charge in [-0.05, 0) is 32.2 Å². The molecule has 0 radical (unpaired) electrons. The van der Waals surface area contributed by atoms with Crippen LogP contribution in [0.4, 0.5) is 8.78 Å². The van der Waals surface area contributed by atoms with Crippen LogP contribution >= 0.6 is 11.3 Å². The summed E-state index contributed by atoms with van der Waals surface area (Å²) >= 11 is 1.47. The highest BCUT2D eigenvalue weighted by Crippen LogP contribution is 2.33. The monoisotopic (exact) mass is 253 g/mol. The maximum atomic E-state index is 13.6. The molecule has 0 fully saturated rings. The Labute approximate surface area is 103 Å². The molecule has 1 N–H and O–H groups in total. The highest BCUT2D eigenvalue weighted by Gasteiger charge is 2.13. The second-order valence-electron chi connectivity index (χ2n) is 3.81. The molecule has 1 atom stereocenters. The first-order valence-corrected chi connectivity index (χ1v) is 6.16. The summed E-state index contributed by atoms with van der Waals surface area (Å²) in [5, 5.41) is 3.11. The van der Waals surface area contributed by atoms with Crippen LogP contribution in [0.1, 0.15) is 17.8 Å². The molecule has 1 heterocycles. The molecule has 0 saturated heterocycles. The van der Waals surface area contributed by atoms with E-state index in [9.17, 15) is 8.78 Å². The Morgan fingerprint density at radius 1 is 1.18 bits per heavy atom. The van der Waals surface area contributed by atoms with Crippen LogP contribution in [0.5, 0.6) is 0 Å². The van der Waals surface area contributed by atoms with Gasteiger partial charge >= 0.3 is 0 Å². The van der Waals surface area contributed by atoms with E-state index in [1.54, 1.807) is 6.07 Å². The summed E-state index contributed by atoms with van der Waals surface area (Å²) in [4.78, 5) is 1.85. The number of halogens is 2. The maximum Gasteiger partial charge on any atom is 0.167 e. The molecule has 1 nitrogen and oxygen atoms in total. The molecule has 1 unspecified atom stereocenters. The van der Waals surface area contributed by atoms with Gasteiger partial charge in [-0.1, -0.05) is 12.1 Å². The number of rotatable bonds is 3. The molecule has 0 aliphatic heterocycles. The van der Waals surface area contributed by atoms with Gasteiger partial charge in [0.15, 0.2) is 11.6 Å². The predicted molar refractivity (Wildman–Crippen MR) is 67.1 cm³/mol. The van der Waals surface area contributed by atoms with Gasteiger partial charge in [0.25, 0.3) is 0 Å². The summed E-state index contributed by atoms with van der Waals surface area (Å²) in [6.45, 7) is 2.03. The van der Waals surface area contributed by atoms with Gasteiger partial charge in [0.2, 0.25) is 0 Å². The molecule has 2 rings (SSSR count). The largest absolute Gasteiger partial charge is 0.313 e. The summed E-state index contributed by atoms with van der Waals surface area (Å²) in [5.41, 5.74) is 0.324. The molecule has 17 heavy (non-hydrogen) atoms. The van der Waals surface area contributed by atoms with Crippen molar-refractivity contribution in [2.75, 3.05) is 7.05 Å². The van der Waals surface area contributed by atoms with E-state index in [1.807, 2.05) is 26.1 Å². The van der Waals surface area contributed by atoms with Crippen LogP contribution < -0.4 is 5.32 Å². The number of hydrogen-bond acceptors (Lipinski definition) is 2. The summed E-state index contributed by atoms with van der Waals surface area (Å²) in [6, 6.07) is 8.22. The molecule has 90 valence electrons. The number of hydrogen-bond donors (Lipinski definition) is 1. The third-order valence-corrected chi connectivity index (χ3v) is 4.00. The van der Waals surface area contributed by atoms with Gasteiger partial charge in [-0.15, -0.1) is 11.3 Å². The van der Waals surface area contributed by atoms with Gasteiger partial charge in [-0.25, -0.2) is 8.78 Å². The lowest BCUT2D eigenvalue weighted by Gasteiger charge is -2.06. The summed E-state index contributed by atoms with van der Waals surface area (Å²) < 4.78 is 26.7. The molecular weight excluding hydrogens is 240 g/mol. The van der Waals surface area contributed by atoms with Crippen molar-refractivity contribution in [2.45, 2.75) is 13.0 Å². The minimum atomic E-state index is -0.806. The molecule has 0 aliphatic rings. The van der Waals surface area contributed by atoms with Crippen LogP contribution in [0, 0.1) is 11.6 Å². The first kappa shape index (κ1) is 12.2. The van der Waals surface area contributed by atoms with Gasteiger partial charge in [-0.2, -0.15) is 0 Å². The van der Waals surface area contributed by atoms with Gasteiger partial charge in [-0.3, -0.25) is 0 Å². The molecule has 0 bridgehead atoms. The predicted octanol–water partition coefficient (Wildman–Crippen LogP) is 3.97. The zero-order valence-corrected chi connectivity index (χ0v) is 10.4. The Kier molecular flexibility index (Phi) is 3.54. The van der Waals surface area contributed by atoms with Crippen LogP contribution in [-0.4, -0.2) is 7.05 Å². The second-order valence-corrected chi connectivity index (χ2v) is 4.93. The topological polar surface area (TPSA) is 12.0 Å². The Bertz CT molecular complexity index is 522. The summed E-state index contributed by atoms with van der Waals surface area (Å²) in [7, 11) is 1.87. The van der Waals surface area contributed by atoms with Crippen LogP contribution in [0.2, 0.25) is 0 Å². The molecule has 0 saturated carbocycles. The first-order chi connectivity index (χ1) is 8.13. The van der Waals surface area contributed by atoms with Crippen molar-refractivity contribution >= 4 is 11.3 Å². The highest BCUT2D eigenvalue weighted by atomic mass is 32.1. The van der Waals surface area contributed by atoms with E-state index in [0.717, 1.165) is 15.8 Å². The van der Waals surface area contributed by atoms with Crippen molar-refractivity contribution < 1.29 is 8.78 Å². The third kappa shape index (κ3) is 2.37. The Morgan fingerprint density at radius 3 is 2.65 bits per heavy atom. The number of thiophene rings is 1. The summed E-state index contributed by atoms with van der Waals surface area (Å²) in [5.74, 6) is -1.59. The standard InChI is InChI=1S/C13H13F2NS/c1-8(16-2)11-6-7-12(17-11)9-4-3-5-10(14)13(9)15/h3-8,16H,1-2H3. The van der Waals surface area contributed by atoms with E-state index < -0.39 is 11.6 Å². The van der Waals surface area contributed by atoms with Crippen molar-refractivity contribution in [1.82, 2.24) is 5.32 Å². The minimum Gasteiger partial charge on any atom is -0.313 e. The molecule has 1 aromatic heterocycles. The zero-order valence-electron chi connectivity index (χ0n) is 9.63. The van der Waals surface area contributed by atoms with Gasteiger partial charge in [0, 0.05) is 21.4 Å². The van der Waals surface area contributed by atoms with Crippen molar-refractivity contribution in [3.63, 3.8) is 0 Å². The lowest BCUT2D eigenvalue weighted by molar-refractivity contribution is 0.511. The van der Waals surface area contributed by atoms with Crippen LogP contribution in [0.15, 0.2) is 30.3 Å². The van der Waals surface area contributed by atoms with E-state index in [2.05, 4.69) is 5.32 Å². The molecular formula is C13H13F2NS. The molecule has 0 amide bonds. The van der Waals surface area contributed by atoms with Gasteiger partial charge in [0.1, 0.15) is 0 Å². The van der Waals surface area contributed by atoms with Crippen molar-refractivity contribution in [3.05, 3.63) is 46.8 Å². The SMILES string of the molecule is CNC(C)c1ccc(-c2cccc(F)c2F)s1. The fraction of sp³-hybridized carbons (Fsp3) is 0.231. The Morgan fingerprint density at radius 2 is 1.94 bits per heavy atom. The molecule has 0 aliphatic carbocycles. The van der Waals surface area contributed by atoms with Crippen molar-refractivity contribution in [1.29, 1.82) is 0 Å². The zero-order chi connectivity index (χ0) is 12.4. The fourth-order valence-corrected chi connectivity index (χ4v) is 2.65. The molecule has 1 aromatic carbocycles. The van der Waals surface area contributed by atoms with Gasteiger partial charge in [0.05, 0.1) is 0 Å². The smallest absolute Gasteiger partial charge is 0.167 e. The normalized spacial score (nSPS) is 12.7. The quantitative estimate of drug-likeness (QED) is 0.872. The average molecular weight is 253 g/mol. The van der Waals surface area contributed by atoms with Crippen molar-refractivity contribution in [3.8, 4) is 10.4 Å². The molecule has 4 heteroatoms.